The zero-order valence-corrected chi connectivity index (χ0v) is 16.6. The highest BCUT2D eigenvalue weighted by atomic mass is 79.9. The van der Waals surface area contributed by atoms with Crippen molar-refractivity contribution < 1.29 is 14.6 Å². The van der Waals surface area contributed by atoms with E-state index in [0.717, 1.165) is 10.0 Å². The molecule has 4 N–H and O–H groups in total. The molecule has 2 heterocycles. The number of halogens is 1. The molecule has 8 heteroatoms. The quantitative estimate of drug-likeness (QED) is 0.498. The van der Waals surface area contributed by atoms with E-state index in [0.29, 0.717) is 17.8 Å². The normalized spacial score (nSPS) is 14.7. The third-order valence-electron chi connectivity index (χ3n) is 4.38. The first-order valence-corrected chi connectivity index (χ1v) is 9.20. The number of nitrogens with one attached hydrogen (secondary N) is 1. The fourth-order valence-electron chi connectivity index (χ4n) is 2.66. The second-order valence-electron chi connectivity index (χ2n) is 6.50. The second-order valence-corrected chi connectivity index (χ2v) is 7.41. The maximum Gasteiger partial charge on any atom is 0.252 e. The van der Waals surface area contributed by atoms with E-state index in [1.54, 1.807) is 30.6 Å². The van der Waals surface area contributed by atoms with Gasteiger partial charge in [0.25, 0.3) is 5.91 Å². The number of aromatic nitrogens is 2. The number of ether oxygens (including phenoxy) is 1. The van der Waals surface area contributed by atoms with Crippen molar-refractivity contribution in [1.82, 2.24) is 9.61 Å². The van der Waals surface area contributed by atoms with Gasteiger partial charge >= 0.3 is 0 Å². The van der Waals surface area contributed by atoms with Gasteiger partial charge in [0.1, 0.15) is 6.10 Å². The summed E-state index contributed by atoms with van der Waals surface area (Å²) in [6.07, 6.45) is 2.54. The van der Waals surface area contributed by atoms with Crippen molar-refractivity contribution in [3.8, 4) is 0 Å². The van der Waals surface area contributed by atoms with Crippen LogP contribution in [0, 0.1) is 0 Å². The molecule has 0 aliphatic rings. The number of hydrogen-bond acceptors (Lipinski definition) is 5. The van der Waals surface area contributed by atoms with Crippen LogP contribution >= 0.6 is 15.9 Å². The van der Waals surface area contributed by atoms with Crippen molar-refractivity contribution in [2.75, 3.05) is 5.32 Å². The van der Waals surface area contributed by atoms with Crippen LogP contribution in [0.1, 0.15) is 29.8 Å². The molecule has 7 nitrogen and oxygen atoms in total. The maximum atomic E-state index is 11.8. The first kappa shape index (κ1) is 19.3. The Bertz CT molecular complexity index is 956. The molecule has 0 bridgehead atoms. The van der Waals surface area contributed by atoms with Crippen LogP contribution in [0.4, 0.5) is 5.69 Å². The van der Waals surface area contributed by atoms with Crippen molar-refractivity contribution in [2.24, 2.45) is 5.73 Å². The molecule has 0 aliphatic heterocycles. The SMILES string of the molecule is C[C@@H](OCc1ccccc1)[C@@](C)(O)Nc1c(C(N)=O)cnn2cc(Br)cc12. The van der Waals surface area contributed by atoms with Crippen LogP contribution in [-0.4, -0.2) is 32.5 Å². The van der Waals surface area contributed by atoms with Gasteiger partial charge in [0.15, 0.2) is 5.72 Å². The Labute approximate surface area is 165 Å². The average Bonchev–Trinajstić information content (AvgIpc) is 3.01. The summed E-state index contributed by atoms with van der Waals surface area (Å²) >= 11 is 3.39. The molecule has 1 amide bonds. The molecule has 0 aliphatic carbocycles. The minimum atomic E-state index is -1.46. The molecule has 3 aromatic rings. The Balaban J connectivity index is 1.85. The Morgan fingerprint density at radius 1 is 1.44 bits per heavy atom. The third kappa shape index (κ3) is 4.29. The standard InChI is InChI=1S/C19H21BrN4O3/c1-12(27-11-13-6-4-3-5-7-13)19(2,26)23-17-15(18(21)25)9-22-24-10-14(20)8-16(17)24/h3-10,12,23,26H,11H2,1-2H3,(H2,21,25)/t12-,19-/m1/s1. The molecule has 0 fully saturated rings. The topological polar surface area (TPSA) is 102 Å². The minimum Gasteiger partial charge on any atom is -0.369 e. The van der Waals surface area contributed by atoms with E-state index in [2.05, 4.69) is 26.3 Å². The highest BCUT2D eigenvalue weighted by molar-refractivity contribution is 9.10. The lowest BCUT2D eigenvalue weighted by Crippen LogP contribution is -2.46. The number of hydrogen-bond donors (Lipinski definition) is 3. The number of anilines is 1. The smallest absolute Gasteiger partial charge is 0.252 e. The van der Waals surface area contributed by atoms with E-state index in [-0.39, 0.29) is 5.56 Å². The van der Waals surface area contributed by atoms with Crippen molar-refractivity contribution in [1.29, 1.82) is 0 Å². The van der Waals surface area contributed by atoms with Crippen molar-refractivity contribution in [3.63, 3.8) is 0 Å². The molecule has 0 saturated carbocycles. The first-order chi connectivity index (χ1) is 12.8. The average molecular weight is 433 g/mol. The summed E-state index contributed by atoms with van der Waals surface area (Å²) in [6, 6.07) is 11.5. The van der Waals surface area contributed by atoms with Gasteiger partial charge in [-0.3, -0.25) is 4.79 Å². The van der Waals surface area contributed by atoms with Gasteiger partial charge in [-0.25, -0.2) is 4.52 Å². The number of nitrogens with two attached hydrogens (primary N) is 1. The lowest BCUT2D eigenvalue weighted by molar-refractivity contribution is -0.0795. The van der Waals surface area contributed by atoms with E-state index >= 15 is 0 Å². The van der Waals surface area contributed by atoms with E-state index in [1.807, 2.05) is 30.3 Å². The Morgan fingerprint density at radius 3 is 2.81 bits per heavy atom. The molecule has 1 aromatic carbocycles. The minimum absolute atomic E-state index is 0.184. The van der Waals surface area contributed by atoms with Crippen LogP contribution in [0.5, 0.6) is 0 Å². The Morgan fingerprint density at radius 2 is 2.15 bits per heavy atom. The van der Waals surface area contributed by atoms with Crippen LogP contribution < -0.4 is 11.1 Å². The maximum absolute atomic E-state index is 11.8. The van der Waals surface area contributed by atoms with Gasteiger partial charge in [0.2, 0.25) is 0 Å². The van der Waals surface area contributed by atoms with E-state index in [4.69, 9.17) is 10.5 Å². The molecule has 27 heavy (non-hydrogen) atoms. The van der Waals surface area contributed by atoms with E-state index in [9.17, 15) is 9.90 Å². The zero-order chi connectivity index (χ0) is 19.6. The van der Waals surface area contributed by atoms with Crippen molar-refractivity contribution in [2.45, 2.75) is 32.3 Å². The van der Waals surface area contributed by atoms with Crippen LogP contribution in [0.15, 0.2) is 53.3 Å². The number of nitrogens with zero attached hydrogens (tertiary/aromatic N) is 2. The highest BCUT2D eigenvalue weighted by Gasteiger charge is 2.31. The molecule has 2 aromatic heterocycles. The monoisotopic (exact) mass is 432 g/mol. The number of primary amides is 1. The summed E-state index contributed by atoms with van der Waals surface area (Å²) < 4.78 is 8.19. The number of aliphatic hydroxyl groups is 1. The molecule has 0 unspecified atom stereocenters. The zero-order valence-electron chi connectivity index (χ0n) is 15.0. The second kappa shape index (κ2) is 7.67. The van der Waals surface area contributed by atoms with Crippen LogP contribution in [-0.2, 0) is 11.3 Å². The van der Waals surface area contributed by atoms with Crippen LogP contribution in [0.3, 0.4) is 0 Å². The molecular weight excluding hydrogens is 412 g/mol. The van der Waals surface area contributed by atoms with E-state index in [1.165, 1.54) is 6.20 Å². The van der Waals surface area contributed by atoms with Gasteiger partial charge in [-0.1, -0.05) is 30.3 Å². The number of carbonyl (C=O) groups excluding carboxylic acids is 1. The Hall–Kier alpha value is -2.42. The van der Waals surface area contributed by atoms with Gasteiger partial charge in [0.05, 0.1) is 29.6 Å². The molecule has 2 atom stereocenters. The van der Waals surface area contributed by atoms with Crippen molar-refractivity contribution >= 4 is 33.0 Å². The highest BCUT2D eigenvalue weighted by Crippen LogP contribution is 2.29. The fraction of sp³-hybridized carbons (Fsp3) is 0.263. The van der Waals surface area contributed by atoms with E-state index < -0.39 is 17.7 Å². The van der Waals surface area contributed by atoms with Gasteiger partial charge in [-0.15, -0.1) is 0 Å². The predicted octanol–water partition coefficient (Wildman–Crippen LogP) is 2.92. The van der Waals surface area contributed by atoms with Crippen molar-refractivity contribution in [3.05, 3.63) is 64.4 Å². The first-order valence-electron chi connectivity index (χ1n) is 8.40. The van der Waals surface area contributed by atoms with Crippen LogP contribution in [0.25, 0.3) is 5.52 Å². The summed E-state index contributed by atoms with van der Waals surface area (Å²) in [7, 11) is 0. The molecule has 142 valence electrons. The third-order valence-corrected chi connectivity index (χ3v) is 4.82. The van der Waals surface area contributed by atoms with Gasteiger partial charge < -0.3 is 20.9 Å². The number of amides is 1. The van der Waals surface area contributed by atoms with Gasteiger partial charge in [-0.2, -0.15) is 5.10 Å². The number of rotatable bonds is 7. The Kier molecular flexibility index (Phi) is 5.50. The molecule has 0 radical (unpaired) electrons. The summed E-state index contributed by atoms with van der Waals surface area (Å²) in [5.41, 5.74) is 6.21. The summed E-state index contributed by atoms with van der Waals surface area (Å²) in [5.74, 6) is -0.640. The predicted molar refractivity (Wildman–Crippen MR) is 106 cm³/mol. The number of fused-ring (bicyclic) bond motifs is 1. The lowest BCUT2D eigenvalue weighted by Gasteiger charge is -2.33. The summed E-state index contributed by atoms with van der Waals surface area (Å²) in [6.45, 7) is 3.69. The van der Waals surface area contributed by atoms with Crippen LogP contribution in [0.2, 0.25) is 0 Å². The summed E-state index contributed by atoms with van der Waals surface area (Å²) in [4.78, 5) is 11.8. The molecule has 0 spiro atoms. The summed E-state index contributed by atoms with van der Waals surface area (Å²) in [5, 5.41) is 18.1. The van der Waals surface area contributed by atoms with Gasteiger partial charge in [-0.05, 0) is 41.4 Å². The molecule has 0 saturated heterocycles. The number of benzene rings is 1. The molecular formula is C19H21BrN4O3. The number of carbonyl (C=O) groups is 1. The largest absolute Gasteiger partial charge is 0.369 e. The lowest BCUT2D eigenvalue weighted by atomic mass is 10.1. The fourth-order valence-corrected chi connectivity index (χ4v) is 3.07. The molecule has 3 rings (SSSR count). The van der Waals surface area contributed by atoms with Gasteiger partial charge in [0, 0.05) is 10.7 Å².